The molecule has 0 saturated carbocycles. The lowest BCUT2D eigenvalue weighted by atomic mass is 10.1. The Morgan fingerprint density at radius 2 is 1.96 bits per heavy atom. The van der Waals surface area contributed by atoms with Crippen LogP contribution in [0.15, 0.2) is 47.7 Å². The van der Waals surface area contributed by atoms with E-state index in [1.165, 1.54) is 18.3 Å². The smallest absolute Gasteiger partial charge is 0.323 e. The molecule has 8 heteroatoms. The summed E-state index contributed by atoms with van der Waals surface area (Å²) >= 11 is 0. The summed E-state index contributed by atoms with van der Waals surface area (Å²) in [5.74, 6) is -1.05. The number of pyridine rings is 2. The minimum atomic E-state index is -1.14. The molecule has 3 rings (SSSR count). The number of carboxylic acid groups (broad SMARTS) is 1. The molecule has 0 saturated heterocycles. The molecule has 3 aromatic rings. The van der Waals surface area contributed by atoms with E-state index in [1.54, 1.807) is 12.3 Å². The molecule has 8 nitrogen and oxygen atoms in total. The largest absolute Gasteiger partial charge is 0.480 e. The summed E-state index contributed by atoms with van der Waals surface area (Å²) in [4.78, 5) is 39.6. The predicted octanol–water partition coefficient (Wildman–Crippen LogP) is 2.19. The molecule has 3 aromatic heterocycles. The van der Waals surface area contributed by atoms with Crippen molar-refractivity contribution in [3.8, 4) is 0 Å². The monoisotopic (exact) mass is 368 g/mol. The standard InChI is InChI=1S/C19H20N4O4/c1-12(2)9-22-8-6-14-15(5-7-20-18(14)22)19(27)21-13-3-4-16(24)23(10-13)11-17(25)26/h3-8,10,12H,9,11H2,1-2H3,(H,21,27)(H,25,26). The highest BCUT2D eigenvalue weighted by atomic mass is 16.4. The summed E-state index contributed by atoms with van der Waals surface area (Å²) in [5, 5.41) is 12.3. The molecule has 0 atom stereocenters. The quantitative estimate of drug-likeness (QED) is 0.694. The topological polar surface area (TPSA) is 106 Å². The van der Waals surface area contributed by atoms with Crippen LogP contribution >= 0.6 is 0 Å². The lowest BCUT2D eigenvalue weighted by Gasteiger charge is -2.10. The Balaban J connectivity index is 1.90. The molecule has 1 amide bonds. The molecule has 0 spiro atoms. The Hall–Kier alpha value is -3.42. The Bertz CT molecular complexity index is 1070. The third-order valence-electron chi connectivity index (χ3n) is 4.02. The zero-order chi connectivity index (χ0) is 19.6. The molecule has 3 heterocycles. The lowest BCUT2D eigenvalue weighted by Crippen LogP contribution is -2.24. The first-order chi connectivity index (χ1) is 12.8. The highest BCUT2D eigenvalue weighted by molar-refractivity contribution is 6.12. The lowest BCUT2D eigenvalue weighted by molar-refractivity contribution is -0.137. The third kappa shape index (κ3) is 4.05. The molecule has 0 aromatic carbocycles. The number of rotatable bonds is 6. The maximum absolute atomic E-state index is 12.7. The van der Waals surface area contributed by atoms with Crippen molar-refractivity contribution in [2.24, 2.45) is 5.92 Å². The van der Waals surface area contributed by atoms with E-state index in [-0.39, 0.29) is 5.91 Å². The average molecular weight is 368 g/mol. The van der Waals surface area contributed by atoms with Gasteiger partial charge in [0.05, 0.1) is 11.3 Å². The van der Waals surface area contributed by atoms with Crippen molar-refractivity contribution in [1.29, 1.82) is 0 Å². The van der Waals surface area contributed by atoms with E-state index in [4.69, 9.17) is 5.11 Å². The number of hydrogen-bond donors (Lipinski definition) is 2. The summed E-state index contributed by atoms with van der Waals surface area (Å²) < 4.78 is 3.03. The Morgan fingerprint density at radius 1 is 1.19 bits per heavy atom. The molecule has 0 radical (unpaired) electrons. The maximum Gasteiger partial charge on any atom is 0.323 e. The molecular formula is C19H20N4O4. The number of aliphatic carboxylic acids is 1. The van der Waals surface area contributed by atoms with Gasteiger partial charge in [0.25, 0.3) is 11.5 Å². The maximum atomic E-state index is 12.7. The van der Waals surface area contributed by atoms with Crippen LogP contribution in [0.1, 0.15) is 24.2 Å². The Morgan fingerprint density at radius 3 is 2.67 bits per heavy atom. The van der Waals surface area contributed by atoms with Crippen molar-refractivity contribution >= 4 is 28.6 Å². The van der Waals surface area contributed by atoms with Crippen molar-refractivity contribution < 1.29 is 14.7 Å². The number of nitrogens with one attached hydrogen (secondary N) is 1. The van der Waals surface area contributed by atoms with Crippen LogP contribution in [-0.4, -0.2) is 31.1 Å². The zero-order valence-corrected chi connectivity index (χ0v) is 15.0. The first-order valence-corrected chi connectivity index (χ1v) is 8.52. The van der Waals surface area contributed by atoms with E-state index in [2.05, 4.69) is 24.1 Å². The second kappa shape index (κ2) is 7.45. The zero-order valence-electron chi connectivity index (χ0n) is 15.0. The highest BCUT2D eigenvalue weighted by Crippen LogP contribution is 2.20. The van der Waals surface area contributed by atoms with Crippen LogP contribution in [0.5, 0.6) is 0 Å². The van der Waals surface area contributed by atoms with Crippen LogP contribution < -0.4 is 10.9 Å². The van der Waals surface area contributed by atoms with Gasteiger partial charge in [-0.1, -0.05) is 13.8 Å². The molecule has 0 aliphatic rings. The second-order valence-electron chi connectivity index (χ2n) is 6.69. The molecule has 0 aliphatic heterocycles. The fourth-order valence-corrected chi connectivity index (χ4v) is 2.90. The van der Waals surface area contributed by atoms with E-state index < -0.39 is 18.1 Å². The van der Waals surface area contributed by atoms with Gasteiger partial charge in [-0.05, 0) is 24.1 Å². The summed E-state index contributed by atoms with van der Waals surface area (Å²) in [5.41, 5.74) is 1.07. The summed E-state index contributed by atoms with van der Waals surface area (Å²) in [6.45, 7) is 4.53. The third-order valence-corrected chi connectivity index (χ3v) is 4.02. The summed E-state index contributed by atoms with van der Waals surface area (Å²) in [6.07, 6.45) is 4.80. The van der Waals surface area contributed by atoms with Gasteiger partial charge in [-0.15, -0.1) is 0 Å². The Kier molecular flexibility index (Phi) is 5.07. The van der Waals surface area contributed by atoms with Crippen molar-refractivity contribution in [2.75, 3.05) is 5.32 Å². The first-order valence-electron chi connectivity index (χ1n) is 8.52. The van der Waals surface area contributed by atoms with Crippen LogP contribution in [0.3, 0.4) is 0 Å². The van der Waals surface area contributed by atoms with Gasteiger partial charge in [-0.2, -0.15) is 0 Å². The molecule has 140 valence electrons. The van der Waals surface area contributed by atoms with Crippen molar-refractivity contribution in [2.45, 2.75) is 26.9 Å². The minimum Gasteiger partial charge on any atom is -0.480 e. The average Bonchev–Trinajstić information content (AvgIpc) is 2.99. The van der Waals surface area contributed by atoms with Gasteiger partial charge in [0.15, 0.2) is 0 Å². The van der Waals surface area contributed by atoms with Crippen molar-refractivity contribution in [3.63, 3.8) is 0 Å². The van der Waals surface area contributed by atoms with Gasteiger partial charge in [0.2, 0.25) is 0 Å². The summed E-state index contributed by atoms with van der Waals surface area (Å²) in [7, 11) is 0. The fourth-order valence-electron chi connectivity index (χ4n) is 2.90. The van der Waals surface area contributed by atoms with E-state index in [9.17, 15) is 14.4 Å². The number of nitrogens with zero attached hydrogens (tertiary/aromatic N) is 3. The first kappa shape index (κ1) is 18.4. The van der Waals surface area contributed by atoms with Gasteiger partial charge >= 0.3 is 5.97 Å². The number of fused-ring (bicyclic) bond motifs is 1. The van der Waals surface area contributed by atoms with E-state index in [1.807, 2.05) is 16.8 Å². The van der Waals surface area contributed by atoms with Crippen LogP contribution in [0, 0.1) is 5.92 Å². The highest BCUT2D eigenvalue weighted by Gasteiger charge is 2.14. The second-order valence-corrected chi connectivity index (χ2v) is 6.69. The van der Waals surface area contributed by atoms with Crippen LogP contribution in [0.4, 0.5) is 5.69 Å². The van der Waals surface area contributed by atoms with E-state index in [0.29, 0.717) is 17.2 Å². The van der Waals surface area contributed by atoms with Gasteiger partial charge in [-0.3, -0.25) is 14.4 Å². The minimum absolute atomic E-state index is 0.340. The number of anilines is 1. The van der Waals surface area contributed by atoms with Gasteiger partial charge in [0.1, 0.15) is 12.2 Å². The normalized spacial score (nSPS) is 11.1. The number of hydrogen-bond acceptors (Lipinski definition) is 4. The fraction of sp³-hybridized carbons (Fsp3) is 0.263. The number of carbonyl (C=O) groups excluding carboxylic acids is 1. The molecule has 0 aliphatic carbocycles. The number of carboxylic acids is 1. The Labute approximate surface area is 155 Å². The van der Waals surface area contributed by atoms with E-state index >= 15 is 0 Å². The molecule has 0 unspecified atom stereocenters. The molecular weight excluding hydrogens is 348 g/mol. The van der Waals surface area contributed by atoms with Crippen LogP contribution in [0.25, 0.3) is 11.0 Å². The van der Waals surface area contributed by atoms with Crippen LogP contribution in [-0.2, 0) is 17.9 Å². The number of amides is 1. The number of aromatic nitrogens is 3. The van der Waals surface area contributed by atoms with E-state index in [0.717, 1.165) is 22.1 Å². The van der Waals surface area contributed by atoms with Crippen LogP contribution in [0.2, 0.25) is 0 Å². The molecule has 2 N–H and O–H groups in total. The van der Waals surface area contributed by atoms with Crippen molar-refractivity contribution in [1.82, 2.24) is 14.1 Å². The molecule has 27 heavy (non-hydrogen) atoms. The van der Waals surface area contributed by atoms with Gasteiger partial charge < -0.3 is 19.6 Å². The molecule has 0 fully saturated rings. The van der Waals surface area contributed by atoms with Gasteiger partial charge in [-0.25, -0.2) is 4.98 Å². The summed E-state index contributed by atoms with van der Waals surface area (Å²) in [6, 6.07) is 6.15. The predicted molar refractivity (Wildman–Crippen MR) is 101 cm³/mol. The van der Waals surface area contributed by atoms with Gasteiger partial charge in [0, 0.05) is 36.6 Å². The molecule has 0 bridgehead atoms. The SMILES string of the molecule is CC(C)Cn1ccc2c(C(=O)Nc3ccc(=O)n(CC(=O)O)c3)ccnc21. The van der Waals surface area contributed by atoms with Crippen molar-refractivity contribution in [3.05, 3.63) is 58.8 Å². The number of carbonyl (C=O) groups is 2.